The van der Waals surface area contributed by atoms with Gasteiger partial charge in [-0.2, -0.15) is 0 Å². The Morgan fingerprint density at radius 2 is 2.05 bits per heavy atom. The Bertz CT molecular complexity index is 437. The van der Waals surface area contributed by atoms with Crippen LogP contribution in [-0.2, 0) is 0 Å². The second-order valence-corrected chi connectivity index (χ2v) is 4.93. The minimum atomic E-state index is -1.39. The Labute approximate surface area is 111 Å². The van der Waals surface area contributed by atoms with Crippen molar-refractivity contribution in [2.45, 2.75) is 32.2 Å². The molecule has 2 nitrogen and oxygen atoms in total. The lowest BCUT2D eigenvalue weighted by atomic mass is 10.0. The maximum Gasteiger partial charge on any atom is 0.196 e. The molecule has 1 aromatic carbocycles. The van der Waals surface area contributed by atoms with Crippen LogP contribution >= 0.6 is 0 Å². The number of hydrogen-bond donors (Lipinski definition) is 1. The minimum Gasteiger partial charge on any atom is -0.368 e. The minimum absolute atomic E-state index is 0.155. The monoisotopic (exact) mass is 272 g/mol. The van der Waals surface area contributed by atoms with Crippen LogP contribution in [0.2, 0.25) is 0 Å². The van der Waals surface area contributed by atoms with Gasteiger partial charge in [-0.3, -0.25) is 0 Å². The van der Waals surface area contributed by atoms with Gasteiger partial charge >= 0.3 is 0 Å². The van der Waals surface area contributed by atoms with Crippen molar-refractivity contribution in [2.75, 3.05) is 24.5 Å². The van der Waals surface area contributed by atoms with E-state index in [0.29, 0.717) is 13.1 Å². The predicted molar refractivity (Wildman–Crippen MR) is 69.8 cm³/mol. The van der Waals surface area contributed by atoms with Crippen LogP contribution in [-0.4, -0.2) is 25.7 Å². The molecule has 1 atom stereocenters. The normalized spacial score (nSPS) is 19.8. The summed E-state index contributed by atoms with van der Waals surface area (Å²) in [6.45, 7) is 4.30. The summed E-state index contributed by atoms with van der Waals surface area (Å²) in [5.74, 6) is -3.61. The SMILES string of the molecule is CCCNC1CCCN(c2ccc(F)c(F)c2F)C1. The Kier molecular flexibility index (Phi) is 4.69. The van der Waals surface area contributed by atoms with Gasteiger partial charge in [0.25, 0.3) is 0 Å². The molecule has 1 aliphatic heterocycles. The molecular formula is C14H19F3N2. The highest BCUT2D eigenvalue weighted by Crippen LogP contribution is 2.26. The Morgan fingerprint density at radius 1 is 1.26 bits per heavy atom. The van der Waals surface area contributed by atoms with E-state index >= 15 is 0 Å². The first kappa shape index (κ1) is 14.2. The lowest BCUT2D eigenvalue weighted by Gasteiger charge is -2.35. The number of hydrogen-bond acceptors (Lipinski definition) is 2. The van der Waals surface area contributed by atoms with Crippen molar-refractivity contribution < 1.29 is 13.2 Å². The van der Waals surface area contributed by atoms with E-state index in [4.69, 9.17) is 0 Å². The van der Waals surface area contributed by atoms with E-state index in [2.05, 4.69) is 12.2 Å². The standard InChI is InChI=1S/C14H19F3N2/c1-2-7-18-10-4-3-8-19(9-10)12-6-5-11(15)13(16)14(12)17/h5-6,10,18H,2-4,7-9H2,1H3. The van der Waals surface area contributed by atoms with E-state index in [1.807, 2.05) is 0 Å². The van der Waals surface area contributed by atoms with Gasteiger partial charge in [0.15, 0.2) is 17.5 Å². The lowest BCUT2D eigenvalue weighted by Crippen LogP contribution is -2.46. The van der Waals surface area contributed by atoms with Crippen molar-refractivity contribution in [3.05, 3.63) is 29.6 Å². The number of nitrogens with zero attached hydrogens (tertiary/aromatic N) is 1. The summed E-state index contributed by atoms with van der Waals surface area (Å²) >= 11 is 0. The third-order valence-corrected chi connectivity index (χ3v) is 3.46. The molecule has 1 aliphatic rings. The summed E-state index contributed by atoms with van der Waals surface area (Å²) in [6, 6.07) is 2.58. The van der Waals surface area contributed by atoms with E-state index in [-0.39, 0.29) is 11.7 Å². The fourth-order valence-electron chi connectivity index (χ4n) is 2.47. The molecule has 1 N–H and O–H groups in total. The van der Waals surface area contributed by atoms with Crippen molar-refractivity contribution in [1.82, 2.24) is 5.32 Å². The molecule has 1 unspecified atom stereocenters. The second kappa shape index (κ2) is 6.28. The number of halogens is 3. The molecule has 0 spiro atoms. The zero-order valence-corrected chi connectivity index (χ0v) is 11.1. The van der Waals surface area contributed by atoms with Gasteiger partial charge in [0.1, 0.15) is 0 Å². The van der Waals surface area contributed by atoms with E-state index < -0.39 is 17.5 Å². The van der Waals surface area contributed by atoms with Crippen LogP contribution in [0.15, 0.2) is 12.1 Å². The molecule has 1 aromatic rings. The van der Waals surface area contributed by atoms with Gasteiger partial charge < -0.3 is 10.2 Å². The van der Waals surface area contributed by atoms with Gasteiger partial charge in [0.05, 0.1) is 5.69 Å². The highest BCUT2D eigenvalue weighted by Gasteiger charge is 2.23. The second-order valence-electron chi connectivity index (χ2n) is 4.93. The van der Waals surface area contributed by atoms with Gasteiger partial charge in [-0.1, -0.05) is 6.92 Å². The first-order chi connectivity index (χ1) is 9.13. The van der Waals surface area contributed by atoms with E-state index in [1.54, 1.807) is 4.90 Å². The van der Waals surface area contributed by atoms with Crippen LogP contribution in [0.1, 0.15) is 26.2 Å². The Hall–Kier alpha value is -1.23. The van der Waals surface area contributed by atoms with Crippen molar-refractivity contribution in [3.63, 3.8) is 0 Å². The zero-order chi connectivity index (χ0) is 13.8. The van der Waals surface area contributed by atoms with Crippen LogP contribution in [0.4, 0.5) is 18.9 Å². The van der Waals surface area contributed by atoms with Gasteiger partial charge in [0.2, 0.25) is 0 Å². The molecule has 0 bridgehead atoms. The van der Waals surface area contributed by atoms with Crippen LogP contribution in [0.25, 0.3) is 0 Å². The Balaban J connectivity index is 2.11. The molecule has 2 rings (SSSR count). The zero-order valence-electron chi connectivity index (χ0n) is 11.1. The van der Waals surface area contributed by atoms with Gasteiger partial charge in [-0.25, -0.2) is 13.2 Å². The largest absolute Gasteiger partial charge is 0.368 e. The molecule has 0 aliphatic carbocycles. The molecular weight excluding hydrogens is 253 g/mol. The third kappa shape index (κ3) is 3.21. The van der Waals surface area contributed by atoms with Crippen molar-refractivity contribution in [2.24, 2.45) is 0 Å². The average Bonchev–Trinajstić information content (AvgIpc) is 2.43. The molecule has 19 heavy (non-hydrogen) atoms. The van der Waals surface area contributed by atoms with Crippen LogP contribution in [0, 0.1) is 17.5 Å². The first-order valence-electron chi connectivity index (χ1n) is 6.75. The molecule has 1 heterocycles. The lowest BCUT2D eigenvalue weighted by molar-refractivity contribution is 0.412. The number of piperidine rings is 1. The number of rotatable bonds is 4. The molecule has 106 valence electrons. The maximum atomic E-state index is 13.7. The third-order valence-electron chi connectivity index (χ3n) is 3.46. The number of benzene rings is 1. The number of anilines is 1. The quantitative estimate of drug-likeness (QED) is 0.847. The van der Waals surface area contributed by atoms with E-state index in [9.17, 15) is 13.2 Å². The molecule has 0 saturated carbocycles. The Morgan fingerprint density at radius 3 is 2.79 bits per heavy atom. The molecule has 0 radical (unpaired) electrons. The number of nitrogens with one attached hydrogen (secondary N) is 1. The van der Waals surface area contributed by atoms with Gasteiger partial charge in [-0.15, -0.1) is 0 Å². The molecule has 1 saturated heterocycles. The highest BCUT2D eigenvalue weighted by atomic mass is 19.2. The summed E-state index contributed by atoms with van der Waals surface area (Å²) < 4.78 is 39.9. The molecule has 1 fully saturated rings. The fraction of sp³-hybridized carbons (Fsp3) is 0.571. The van der Waals surface area contributed by atoms with Crippen molar-refractivity contribution in [3.8, 4) is 0 Å². The van der Waals surface area contributed by atoms with E-state index in [0.717, 1.165) is 31.9 Å². The summed E-state index contributed by atoms with van der Waals surface area (Å²) in [5, 5.41) is 3.38. The highest BCUT2D eigenvalue weighted by molar-refractivity contribution is 5.49. The first-order valence-corrected chi connectivity index (χ1v) is 6.75. The molecule has 0 amide bonds. The summed E-state index contributed by atoms with van der Waals surface area (Å²) in [5.41, 5.74) is 0.155. The maximum absolute atomic E-state index is 13.7. The molecule has 5 heteroatoms. The topological polar surface area (TPSA) is 15.3 Å². The van der Waals surface area contributed by atoms with Crippen LogP contribution in [0.3, 0.4) is 0 Å². The average molecular weight is 272 g/mol. The molecule has 0 aromatic heterocycles. The van der Waals surface area contributed by atoms with Gasteiger partial charge in [0, 0.05) is 19.1 Å². The van der Waals surface area contributed by atoms with Crippen LogP contribution < -0.4 is 10.2 Å². The van der Waals surface area contributed by atoms with Crippen molar-refractivity contribution >= 4 is 5.69 Å². The summed E-state index contributed by atoms with van der Waals surface area (Å²) in [6.07, 6.45) is 2.98. The van der Waals surface area contributed by atoms with Crippen LogP contribution in [0.5, 0.6) is 0 Å². The van der Waals surface area contributed by atoms with Crippen molar-refractivity contribution in [1.29, 1.82) is 0 Å². The van der Waals surface area contributed by atoms with E-state index in [1.165, 1.54) is 6.07 Å². The predicted octanol–water partition coefficient (Wildman–Crippen LogP) is 3.07. The smallest absolute Gasteiger partial charge is 0.196 e. The summed E-state index contributed by atoms with van der Waals surface area (Å²) in [4.78, 5) is 1.79. The summed E-state index contributed by atoms with van der Waals surface area (Å²) in [7, 11) is 0. The fourth-order valence-corrected chi connectivity index (χ4v) is 2.47. The van der Waals surface area contributed by atoms with Gasteiger partial charge in [-0.05, 0) is 37.9 Å².